The molecule has 1 atom stereocenters. The second kappa shape index (κ2) is 9.09. The minimum atomic E-state index is -0.241. The maximum absolute atomic E-state index is 12.9. The van der Waals surface area contributed by atoms with Crippen molar-refractivity contribution in [3.8, 4) is 5.88 Å². The van der Waals surface area contributed by atoms with Gasteiger partial charge in [0, 0.05) is 4.88 Å². The highest BCUT2D eigenvalue weighted by molar-refractivity contribution is 7.18. The van der Waals surface area contributed by atoms with Gasteiger partial charge in [0.25, 0.3) is 5.91 Å². The molecular formula is C26H25N3O2S. The molecular weight excluding hydrogens is 418 g/mol. The molecule has 5 rings (SSSR count). The van der Waals surface area contributed by atoms with E-state index in [1.54, 1.807) is 11.3 Å². The molecule has 0 spiro atoms. The van der Waals surface area contributed by atoms with Crippen LogP contribution in [-0.2, 0) is 17.6 Å². The second-order valence-corrected chi connectivity index (χ2v) is 9.40. The molecule has 0 aliphatic heterocycles. The van der Waals surface area contributed by atoms with Crippen LogP contribution in [0.1, 0.15) is 41.0 Å². The largest absolute Gasteiger partial charge is 0.467 e. The van der Waals surface area contributed by atoms with Crippen molar-refractivity contribution in [2.45, 2.75) is 32.2 Å². The van der Waals surface area contributed by atoms with Gasteiger partial charge in [-0.15, -0.1) is 11.3 Å². The summed E-state index contributed by atoms with van der Waals surface area (Å²) in [7, 11) is 0. The molecule has 0 fully saturated rings. The molecule has 0 saturated heterocycles. The zero-order valence-electron chi connectivity index (χ0n) is 18.0. The van der Waals surface area contributed by atoms with E-state index in [9.17, 15) is 4.79 Å². The first kappa shape index (κ1) is 20.6. The summed E-state index contributed by atoms with van der Waals surface area (Å²) in [5.74, 6) is 1.01. The van der Waals surface area contributed by atoms with Gasteiger partial charge in [-0.2, -0.15) is 0 Å². The number of hydrogen-bond donors (Lipinski definition) is 1. The third kappa shape index (κ3) is 4.23. The predicted octanol–water partition coefficient (Wildman–Crippen LogP) is 5.10. The fourth-order valence-corrected chi connectivity index (χ4v) is 5.68. The number of aryl methyl sites for hydroxylation is 1. The first-order valence-corrected chi connectivity index (χ1v) is 11.8. The molecule has 1 aliphatic carbocycles. The van der Waals surface area contributed by atoms with Crippen molar-refractivity contribution >= 4 is 27.5 Å². The summed E-state index contributed by atoms with van der Waals surface area (Å²) in [6.07, 6.45) is 4.77. The molecule has 0 saturated carbocycles. The molecule has 1 amide bonds. The smallest absolute Gasteiger partial charge is 0.258 e. The Hall–Kier alpha value is -3.25. The number of nitrogens with one attached hydrogen (secondary N) is 1. The maximum Gasteiger partial charge on any atom is 0.258 e. The Morgan fingerprint density at radius 2 is 1.78 bits per heavy atom. The first-order chi connectivity index (χ1) is 15.7. The number of carbonyl (C=O) groups excluding carboxylic acids is 1. The second-order valence-electron chi connectivity index (χ2n) is 8.32. The molecule has 1 N–H and O–H groups in total. The van der Waals surface area contributed by atoms with E-state index < -0.39 is 0 Å². The highest BCUT2D eigenvalue weighted by Gasteiger charge is 2.24. The van der Waals surface area contributed by atoms with Gasteiger partial charge < -0.3 is 10.1 Å². The van der Waals surface area contributed by atoms with Crippen LogP contribution < -0.4 is 10.1 Å². The predicted molar refractivity (Wildman–Crippen MR) is 127 cm³/mol. The average Bonchev–Trinajstić information content (AvgIpc) is 3.20. The summed E-state index contributed by atoms with van der Waals surface area (Å²) in [5.41, 5.74) is 3.35. The van der Waals surface area contributed by atoms with Crippen LogP contribution >= 0.6 is 11.3 Å². The van der Waals surface area contributed by atoms with E-state index in [1.807, 2.05) is 60.7 Å². The van der Waals surface area contributed by atoms with Crippen LogP contribution in [0.2, 0.25) is 0 Å². The molecule has 2 aromatic heterocycles. The van der Waals surface area contributed by atoms with E-state index in [0.29, 0.717) is 11.8 Å². The minimum Gasteiger partial charge on any atom is -0.467 e. The lowest BCUT2D eigenvalue weighted by Gasteiger charge is -2.20. The van der Waals surface area contributed by atoms with Gasteiger partial charge in [0.15, 0.2) is 6.61 Å². The first-order valence-electron chi connectivity index (χ1n) is 11.0. The number of thiophene rings is 1. The van der Waals surface area contributed by atoms with E-state index >= 15 is 0 Å². The van der Waals surface area contributed by atoms with Gasteiger partial charge in [-0.1, -0.05) is 67.6 Å². The van der Waals surface area contributed by atoms with Crippen molar-refractivity contribution < 1.29 is 9.53 Å². The van der Waals surface area contributed by atoms with Crippen molar-refractivity contribution in [1.29, 1.82) is 0 Å². The van der Waals surface area contributed by atoms with Crippen LogP contribution in [0.25, 0.3) is 10.2 Å². The van der Waals surface area contributed by atoms with Crippen molar-refractivity contribution in [3.63, 3.8) is 0 Å². The van der Waals surface area contributed by atoms with Crippen molar-refractivity contribution in [2.75, 3.05) is 6.61 Å². The lowest BCUT2D eigenvalue weighted by molar-refractivity contribution is -0.123. The summed E-state index contributed by atoms with van der Waals surface area (Å²) < 4.78 is 5.95. The zero-order valence-corrected chi connectivity index (χ0v) is 18.8. The number of rotatable bonds is 6. The molecule has 6 heteroatoms. The summed E-state index contributed by atoms with van der Waals surface area (Å²) in [4.78, 5) is 24.0. The Labute approximate surface area is 191 Å². The molecule has 4 aromatic rings. The Kier molecular flexibility index (Phi) is 5.86. The number of hydrogen-bond acceptors (Lipinski definition) is 5. The highest BCUT2D eigenvalue weighted by Crippen LogP contribution is 2.40. The number of aromatic nitrogens is 2. The van der Waals surface area contributed by atoms with E-state index in [0.717, 1.165) is 40.6 Å². The Bertz CT molecular complexity index is 1180. The van der Waals surface area contributed by atoms with Gasteiger partial charge in [0.1, 0.15) is 11.2 Å². The van der Waals surface area contributed by atoms with Gasteiger partial charge in [-0.25, -0.2) is 9.97 Å². The van der Waals surface area contributed by atoms with Gasteiger partial charge >= 0.3 is 0 Å². The number of fused-ring (bicyclic) bond motifs is 3. The summed E-state index contributed by atoms with van der Waals surface area (Å²) in [6.45, 7) is 2.19. The Morgan fingerprint density at radius 1 is 1.09 bits per heavy atom. The lowest BCUT2D eigenvalue weighted by Crippen LogP contribution is -2.33. The maximum atomic E-state index is 12.9. The van der Waals surface area contributed by atoms with E-state index in [-0.39, 0.29) is 18.6 Å². The van der Waals surface area contributed by atoms with Crippen molar-refractivity contribution in [2.24, 2.45) is 5.92 Å². The SMILES string of the molecule is C[C@H]1CCc2c(sc3ncnc(OCC(=O)NC(c4ccccc4)c4ccccc4)c23)C1. The Morgan fingerprint density at radius 3 is 2.47 bits per heavy atom. The lowest BCUT2D eigenvalue weighted by atomic mass is 9.89. The number of nitrogens with zero attached hydrogens (tertiary/aromatic N) is 2. The number of amides is 1. The summed E-state index contributed by atoms with van der Waals surface area (Å²) in [5, 5.41) is 4.11. The summed E-state index contributed by atoms with van der Waals surface area (Å²) in [6, 6.07) is 19.7. The minimum absolute atomic E-state index is 0.0939. The molecule has 32 heavy (non-hydrogen) atoms. The third-order valence-corrected chi connectivity index (χ3v) is 7.13. The standard InChI is InChI=1S/C26H25N3O2S/c1-17-12-13-20-21(14-17)32-26-23(20)25(27-16-28-26)31-15-22(30)29-24(18-8-4-2-5-9-18)19-10-6-3-7-11-19/h2-11,16-17,24H,12-15H2,1H3,(H,29,30)/t17-/m0/s1. The topological polar surface area (TPSA) is 64.1 Å². The molecule has 0 unspecified atom stereocenters. The van der Waals surface area contributed by atoms with E-state index in [4.69, 9.17) is 4.74 Å². The molecule has 2 aromatic carbocycles. The highest BCUT2D eigenvalue weighted by atomic mass is 32.1. The molecule has 2 heterocycles. The van der Waals surface area contributed by atoms with E-state index in [1.165, 1.54) is 16.8 Å². The quantitative estimate of drug-likeness (QED) is 0.450. The normalized spacial score (nSPS) is 15.5. The fraction of sp³-hybridized carbons (Fsp3) is 0.269. The van der Waals surface area contributed by atoms with Crippen LogP contribution in [0.5, 0.6) is 5.88 Å². The number of carbonyl (C=O) groups is 1. The number of ether oxygens (including phenoxy) is 1. The molecule has 1 aliphatic rings. The average molecular weight is 444 g/mol. The van der Waals surface area contributed by atoms with Crippen LogP contribution in [0.3, 0.4) is 0 Å². The van der Waals surface area contributed by atoms with E-state index in [2.05, 4.69) is 22.2 Å². The molecule has 0 bridgehead atoms. The Balaban J connectivity index is 1.35. The zero-order chi connectivity index (χ0) is 21.9. The van der Waals surface area contributed by atoms with Crippen LogP contribution in [0, 0.1) is 5.92 Å². The molecule has 5 nitrogen and oxygen atoms in total. The molecule has 0 radical (unpaired) electrons. The van der Waals surface area contributed by atoms with Gasteiger partial charge in [0.05, 0.1) is 11.4 Å². The molecule has 162 valence electrons. The number of benzene rings is 2. The monoisotopic (exact) mass is 443 g/mol. The summed E-state index contributed by atoms with van der Waals surface area (Å²) >= 11 is 1.73. The third-order valence-electron chi connectivity index (χ3n) is 5.97. The van der Waals surface area contributed by atoms with Crippen molar-refractivity contribution in [1.82, 2.24) is 15.3 Å². The fourth-order valence-electron chi connectivity index (χ4n) is 4.34. The van der Waals surface area contributed by atoms with Gasteiger partial charge in [0.2, 0.25) is 5.88 Å². The van der Waals surface area contributed by atoms with Gasteiger partial charge in [-0.05, 0) is 41.9 Å². The van der Waals surface area contributed by atoms with Crippen LogP contribution in [0.15, 0.2) is 67.0 Å². The van der Waals surface area contributed by atoms with Crippen molar-refractivity contribution in [3.05, 3.63) is 88.6 Å². The van der Waals surface area contributed by atoms with Gasteiger partial charge in [-0.3, -0.25) is 4.79 Å². The van der Waals surface area contributed by atoms with Crippen LogP contribution in [-0.4, -0.2) is 22.5 Å². The van der Waals surface area contributed by atoms with Crippen LogP contribution in [0.4, 0.5) is 0 Å².